The molecule has 0 spiro atoms. The number of hydrogen-bond acceptors (Lipinski definition) is 6. The fraction of sp³-hybridized carbons (Fsp3) is 0.182. The van der Waals surface area contributed by atoms with Gasteiger partial charge in [-0.3, -0.25) is 14.2 Å². The van der Waals surface area contributed by atoms with E-state index in [2.05, 4.69) is 10.3 Å². The summed E-state index contributed by atoms with van der Waals surface area (Å²) in [6, 6.07) is 9.94. The van der Waals surface area contributed by atoms with Gasteiger partial charge in [-0.05, 0) is 54.5 Å². The van der Waals surface area contributed by atoms with Crippen molar-refractivity contribution < 1.29 is 24.2 Å². The minimum atomic E-state index is -1.60. The Morgan fingerprint density at radius 2 is 1.97 bits per heavy atom. The molecule has 1 aliphatic rings. The molecule has 4 rings (SSSR count). The maximum Gasteiger partial charge on any atom is 0.394 e. The molecule has 2 N–H and O–H groups in total. The smallest absolute Gasteiger partial charge is 0.394 e. The number of aromatic nitrogens is 2. The monoisotopic (exact) mass is 421 g/mol. The number of nitrogens with zero attached hydrogens (tertiary/aromatic N) is 2. The van der Waals surface area contributed by atoms with E-state index in [1.165, 1.54) is 18.2 Å². The van der Waals surface area contributed by atoms with Crippen LogP contribution >= 0.6 is 0 Å². The summed E-state index contributed by atoms with van der Waals surface area (Å²) >= 11 is 0. The van der Waals surface area contributed by atoms with Crippen LogP contribution in [-0.4, -0.2) is 40.8 Å². The van der Waals surface area contributed by atoms with Crippen molar-refractivity contribution in [2.24, 2.45) is 0 Å². The zero-order valence-electron chi connectivity index (χ0n) is 16.8. The topological polar surface area (TPSA) is 120 Å². The summed E-state index contributed by atoms with van der Waals surface area (Å²) in [7, 11) is 3.16. The largest absolute Gasteiger partial charge is 0.497 e. The van der Waals surface area contributed by atoms with Crippen molar-refractivity contribution in [1.82, 2.24) is 9.55 Å². The highest BCUT2D eigenvalue weighted by molar-refractivity contribution is 6.36. The first-order valence-corrected chi connectivity index (χ1v) is 9.43. The summed E-state index contributed by atoms with van der Waals surface area (Å²) in [5.74, 6) is -0.909. The fourth-order valence-electron chi connectivity index (χ4n) is 3.56. The second-order valence-electron chi connectivity index (χ2n) is 6.91. The number of carbonyl (C=O) groups is 2. The van der Waals surface area contributed by atoms with Crippen molar-refractivity contribution >= 4 is 40.1 Å². The molecule has 0 unspecified atom stereocenters. The van der Waals surface area contributed by atoms with Gasteiger partial charge in [0.15, 0.2) is 0 Å². The van der Waals surface area contributed by atoms with Crippen molar-refractivity contribution in [3.8, 4) is 11.5 Å². The number of anilines is 1. The average Bonchev–Trinajstić information content (AvgIpc) is 3.16. The number of aliphatic carboxylic acids is 1. The average molecular weight is 421 g/mol. The quantitative estimate of drug-likeness (QED) is 0.621. The van der Waals surface area contributed by atoms with E-state index >= 15 is 0 Å². The first kappa shape index (κ1) is 20.1. The van der Waals surface area contributed by atoms with Crippen LogP contribution in [-0.2, 0) is 16.1 Å². The van der Waals surface area contributed by atoms with Crippen LogP contribution in [0.4, 0.5) is 5.69 Å². The van der Waals surface area contributed by atoms with Crippen LogP contribution < -0.4 is 20.3 Å². The lowest BCUT2D eigenvalue weighted by atomic mass is 10.1. The second kappa shape index (κ2) is 7.94. The Morgan fingerprint density at radius 1 is 1.16 bits per heavy atom. The van der Waals surface area contributed by atoms with E-state index in [4.69, 9.17) is 14.6 Å². The van der Waals surface area contributed by atoms with Gasteiger partial charge in [0.05, 0.1) is 25.1 Å². The lowest BCUT2D eigenvalue weighted by Gasteiger charge is -2.09. The Bertz CT molecular complexity index is 1310. The number of allylic oxidation sites excluding steroid dienone is 1. The first-order chi connectivity index (χ1) is 14.9. The van der Waals surface area contributed by atoms with Crippen LogP contribution in [0.5, 0.6) is 11.5 Å². The molecule has 9 heteroatoms. The van der Waals surface area contributed by atoms with Crippen LogP contribution in [0.15, 0.2) is 41.2 Å². The first-order valence-electron chi connectivity index (χ1n) is 9.43. The summed E-state index contributed by atoms with van der Waals surface area (Å²) in [5.41, 5.74) is 2.06. The zero-order chi connectivity index (χ0) is 22.1. The van der Waals surface area contributed by atoms with Crippen molar-refractivity contribution in [1.29, 1.82) is 0 Å². The van der Waals surface area contributed by atoms with E-state index in [-0.39, 0.29) is 11.2 Å². The van der Waals surface area contributed by atoms with Gasteiger partial charge in [0.25, 0.3) is 5.56 Å². The highest BCUT2D eigenvalue weighted by Gasteiger charge is 2.22. The van der Waals surface area contributed by atoms with Crippen molar-refractivity contribution in [2.75, 3.05) is 19.5 Å². The van der Waals surface area contributed by atoms with E-state index in [9.17, 15) is 14.4 Å². The van der Waals surface area contributed by atoms with Crippen molar-refractivity contribution in [3.05, 3.63) is 58.1 Å². The van der Waals surface area contributed by atoms with Gasteiger partial charge >= 0.3 is 11.9 Å². The number of carbonyl (C=O) groups excluding carboxylic acids is 1. The summed E-state index contributed by atoms with van der Waals surface area (Å²) in [6.07, 6.45) is 2.52. The minimum absolute atomic E-state index is 0.197. The number of rotatable bonds is 4. The predicted octanol–water partition coefficient (Wildman–Crippen LogP) is 2.38. The Hall–Kier alpha value is -4.14. The van der Waals surface area contributed by atoms with E-state index in [1.54, 1.807) is 30.9 Å². The lowest BCUT2D eigenvalue weighted by Crippen LogP contribution is -2.23. The molecule has 2 heterocycles. The molecule has 0 saturated heterocycles. The zero-order valence-corrected chi connectivity index (χ0v) is 16.8. The number of hydrogen-bond donors (Lipinski definition) is 2. The van der Waals surface area contributed by atoms with Gasteiger partial charge in [-0.1, -0.05) is 0 Å². The molecule has 0 atom stereocenters. The lowest BCUT2D eigenvalue weighted by molar-refractivity contribution is -0.147. The Balaban J connectivity index is 1.81. The molecule has 3 aromatic rings. The Morgan fingerprint density at radius 3 is 2.68 bits per heavy atom. The molecule has 1 aliphatic heterocycles. The molecule has 158 valence electrons. The third kappa shape index (κ3) is 3.73. The van der Waals surface area contributed by atoms with Crippen LogP contribution in [0.1, 0.15) is 17.8 Å². The molecule has 0 aliphatic carbocycles. The Labute approximate surface area is 176 Å². The maximum atomic E-state index is 13.0. The van der Waals surface area contributed by atoms with Crippen LogP contribution in [0.2, 0.25) is 0 Å². The van der Waals surface area contributed by atoms with Crippen molar-refractivity contribution in [3.63, 3.8) is 0 Å². The summed E-state index contributed by atoms with van der Waals surface area (Å²) in [5, 5.41) is 11.4. The van der Waals surface area contributed by atoms with Crippen LogP contribution in [0.3, 0.4) is 0 Å². The standard InChI is InChI=1S/C22H19N3O6/c1-30-15-4-6-18(31-2)13(10-15)9-12-7-8-25-19(12)24-17-11-14(23-20(26)22(28)29)3-5-16(17)21(25)27/h3-6,9-11H,7-8H2,1-2H3,(H,23,26)(H,28,29)/b12-9+. The number of nitrogens with one attached hydrogen (secondary N) is 1. The summed E-state index contributed by atoms with van der Waals surface area (Å²) in [4.78, 5) is 39.8. The number of benzene rings is 2. The third-order valence-electron chi connectivity index (χ3n) is 5.07. The number of fused-ring (bicyclic) bond motifs is 2. The molecule has 0 fully saturated rings. The predicted molar refractivity (Wildman–Crippen MR) is 114 cm³/mol. The highest BCUT2D eigenvalue weighted by Crippen LogP contribution is 2.32. The van der Waals surface area contributed by atoms with Gasteiger partial charge in [-0.25, -0.2) is 9.78 Å². The van der Waals surface area contributed by atoms with Gasteiger partial charge in [0.2, 0.25) is 0 Å². The van der Waals surface area contributed by atoms with E-state index in [0.717, 1.165) is 11.1 Å². The minimum Gasteiger partial charge on any atom is -0.497 e. The van der Waals surface area contributed by atoms with Crippen LogP contribution in [0.25, 0.3) is 22.6 Å². The van der Waals surface area contributed by atoms with Crippen LogP contribution in [0, 0.1) is 0 Å². The summed E-state index contributed by atoms with van der Waals surface area (Å²) in [6.45, 7) is 0.493. The number of ether oxygens (including phenoxy) is 2. The SMILES string of the molecule is COc1ccc(OC)c(/C=C2\CCn3c2nc2cc(NC(=O)C(=O)O)ccc2c3=O)c1. The molecule has 1 aromatic heterocycles. The van der Waals surface area contributed by atoms with E-state index in [1.807, 2.05) is 12.1 Å². The number of carboxylic acids is 1. The summed E-state index contributed by atoms with van der Waals surface area (Å²) < 4.78 is 12.3. The maximum absolute atomic E-state index is 13.0. The van der Waals surface area contributed by atoms with Gasteiger partial charge in [-0.15, -0.1) is 0 Å². The number of methoxy groups -OCH3 is 2. The van der Waals surface area contributed by atoms with Crippen molar-refractivity contribution in [2.45, 2.75) is 13.0 Å². The number of carboxylic acid groups (broad SMARTS) is 1. The normalized spacial score (nSPS) is 13.8. The molecule has 0 radical (unpaired) electrons. The molecule has 0 bridgehead atoms. The van der Waals surface area contributed by atoms with Gasteiger partial charge in [-0.2, -0.15) is 0 Å². The van der Waals surface area contributed by atoms with E-state index in [0.29, 0.717) is 41.2 Å². The third-order valence-corrected chi connectivity index (χ3v) is 5.07. The molecule has 2 aromatic carbocycles. The van der Waals surface area contributed by atoms with Gasteiger partial charge in [0.1, 0.15) is 17.3 Å². The fourth-order valence-corrected chi connectivity index (χ4v) is 3.56. The molecular formula is C22H19N3O6. The molecule has 31 heavy (non-hydrogen) atoms. The van der Waals surface area contributed by atoms with E-state index < -0.39 is 11.9 Å². The van der Waals surface area contributed by atoms with Gasteiger partial charge in [0, 0.05) is 17.8 Å². The number of amides is 1. The molecule has 1 amide bonds. The molecule has 9 nitrogen and oxygen atoms in total. The Kier molecular flexibility index (Phi) is 5.16. The molecule has 0 saturated carbocycles. The molecular weight excluding hydrogens is 402 g/mol. The van der Waals surface area contributed by atoms with Gasteiger partial charge < -0.3 is 19.9 Å². The second-order valence-corrected chi connectivity index (χ2v) is 6.91. The highest BCUT2D eigenvalue weighted by atomic mass is 16.5.